The third-order valence-electron chi connectivity index (χ3n) is 4.70. The second kappa shape index (κ2) is 10.5. The van der Waals surface area contributed by atoms with Gasteiger partial charge in [-0.25, -0.2) is 0 Å². The average molecular weight is 374 g/mol. The van der Waals surface area contributed by atoms with Crippen molar-refractivity contribution in [2.24, 2.45) is 16.6 Å². The van der Waals surface area contributed by atoms with Crippen molar-refractivity contribution in [1.82, 2.24) is 15.5 Å². The van der Waals surface area contributed by atoms with Gasteiger partial charge in [0.1, 0.15) is 0 Å². The van der Waals surface area contributed by atoms with Crippen LogP contribution in [0.15, 0.2) is 29.3 Å². The number of hydrogen-bond donors (Lipinski definition) is 3. The van der Waals surface area contributed by atoms with Gasteiger partial charge in [0.05, 0.1) is 0 Å². The largest absolute Gasteiger partial charge is 0.370 e. The molecule has 1 aromatic rings. The molecule has 1 aromatic carbocycles. The highest BCUT2D eigenvalue weighted by Gasteiger charge is 2.23. The van der Waals surface area contributed by atoms with Crippen molar-refractivity contribution in [3.63, 3.8) is 0 Å². The number of amides is 2. The first-order chi connectivity index (χ1) is 13.0. The van der Waals surface area contributed by atoms with Crippen LogP contribution >= 0.6 is 0 Å². The lowest BCUT2D eigenvalue weighted by atomic mass is 9.95. The van der Waals surface area contributed by atoms with Crippen molar-refractivity contribution in [2.45, 2.75) is 39.2 Å². The van der Waals surface area contributed by atoms with E-state index in [-0.39, 0.29) is 17.7 Å². The van der Waals surface area contributed by atoms with E-state index < -0.39 is 0 Å². The van der Waals surface area contributed by atoms with Crippen LogP contribution in [0.3, 0.4) is 0 Å². The summed E-state index contributed by atoms with van der Waals surface area (Å²) in [6.45, 7) is 4.98. The van der Waals surface area contributed by atoms with E-state index in [4.69, 9.17) is 5.73 Å². The fourth-order valence-electron chi connectivity index (χ4n) is 3.39. The zero-order valence-electron chi connectivity index (χ0n) is 16.3. The van der Waals surface area contributed by atoms with Crippen molar-refractivity contribution < 1.29 is 9.59 Å². The standard InChI is InChI=1S/C20H31N5O2/c1-3-9-23-19(27)17-8-4-6-15(11-17)13-24-20(22-2)25-10-5-7-16(14-25)12-18(21)26/h4,6,8,11,16H,3,5,7,9-10,12-14H2,1-2H3,(H2,21,26)(H,22,24)(H,23,27). The predicted octanol–water partition coefficient (Wildman–Crippen LogP) is 1.49. The number of aliphatic imine (C=N–C) groups is 1. The summed E-state index contributed by atoms with van der Waals surface area (Å²) in [5, 5.41) is 6.26. The van der Waals surface area contributed by atoms with Crippen LogP contribution in [0.5, 0.6) is 0 Å². The molecule has 27 heavy (non-hydrogen) atoms. The number of hydrogen-bond acceptors (Lipinski definition) is 3. The molecule has 2 rings (SSSR count). The fourth-order valence-corrected chi connectivity index (χ4v) is 3.39. The van der Waals surface area contributed by atoms with E-state index >= 15 is 0 Å². The Labute approximate surface area is 161 Å². The zero-order valence-corrected chi connectivity index (χ0v) is 16.3. The minimum atomic E-state index is -0.247. The summed E-state index contributed by atoms with van der Waals surface area (Å²) in [6.07, 6.45) is 3.37. The predicted molar refractivity (Wildman–Crippen MR) is 107 cm³/mol. The van der Waals surface area contributed by atoms with Crippen molar-refractivity contribution in [1.29, 1.82) is 0 Å². The second-order valence-corrected chi connectivity index (χ2v) is 6.98. The molecule has 148 valence electrons. The van der Waals surface area contributed by atoms with Crippen molar-refractivity contribution in [3.05, 3.63) is 35.4 Å². The van der Waals surface area contributed by atoms with Crippen LogP contribution in [0.4, 0.5) is 0 Å². The number of nitrogens with one attached hydrogen (secondary N) is 2. The zero-order chi connectivity index (χ0) is 19.6. The molecule has 1 heterocycles. The Kier molecular flexibility index (Phi) is 8.10. The number of benzene rings is 1. The third-order valence-corrected chi connectivity index (χ3v) is 4.70. The molecule has 7 heteroatoms. The van der Waals surface area contributed by atoms with Gasteiger partial charge >= 0.3 is 0 Å². The molecule has 1 aliphatic heterocycles. The summed E-state index contributed by atoms with van der Waals surface area (Å²) in [4.78, 5) is 29.9. The summed E-state index contributed by atoms with van der Waals surface area (Å²) in [6, 6.07) is 7.60. The summed E-state index contributed by atoms with van der Waals surface area (Å²) in [7, 11) is 1.76. The molecule has 1 atom stereocenters. The minimum Gasteiger partial charge on any atom is -0.370 e. The van der Waals surface area contributed by atoms with Crippen LogP contribution in [-0.2, 0) is 11.3 Å². The van der Waals surface area contributed by atoms with Crippen molar-refractivity contribution >= 4 is 17.8 Å². The molecule has 0 saturated carbocycles. The summed E-state index contributed by atoms with van der Waals surface area (Å²) < 4.78 is 0. The van der Waals surface area contributed by atoms with E-state index in [1.807, 2.05) is 31.2 Å². The summed E-state index contributed by atoms with van der Waals surface area (Å²) in [5.41, 5.74) is 7.03. The molecule has 1 unspecified atom stereocenters. The number of nitrogens with zero attached hydrogens (tertiary/aromatic N) is 2. The van der Waals surface area contributed by atoms with Crippen LogP contribution in [0.25, 0.3) is 0 Å². The van der Waals surface area contributed by atoms with Gasteiger partial charge in [-0.1, -0.05) is 19.1 Å². The third kappa shape index (κ3) is 6.58. The number of likely N-dealkylation sites (tertiary alicyclic amines) is 1. The lowest BCUT2D eigenvalue weighted by Gasteiger charge is -2.34. The maximum atomic E-state index is 12.1. The van der Waals surface area contributed by atoms with Gasteiger partial charge in [-0.3, -0.25) is 14.6 Å². The van der Waals surface area contributed by atoms with Gasteiger partial charge in [-0.05, 0) is 42.9 Å². The fraction of sp³-hybridized carbons (Fsp3) is 0.550. The Balaban J connectivity index is 1.94. The molecule has 1 fully saturated rings. The molecule has 0 aromatic heterocycles. The van der Waals surface area contributed by atoms with Crippen molar-refractivity contribution in [3.8, 4) is 0 Å². The van der Waals surface area contributed by atoms with Crippen LogP contribution in [-0.4, -0.2) is 49.4 Å². The molecular weight excluding hydrogens is 342 g/mol. The Morgan fingerprint density at radius 3 is 2.85 bits per heavy atom. The highest BCUT2D eigenvalue weighted by Crippen LogP contribution is 2.19. The van der Waals surface area contributed by atoms with Gasteiger partial charge < -0.3 is 21.3 Å². The number of rotatable bonds is 7. The number of nitrogens with two attached hydrogens (primary N) is 1. The highest BCUT2D eigenvalue weighted by molar-refractivity contribution is 5.94. The lowest BCUT2D eigenvalue weighted by molar-refractivity contribution is -0.119. The van der Waals surface area contributed by atoms with Gasteiger partial charge in [0.15, 0.2) is 5.96 Å². The number of primary amides is 1. The minimum absolute atomic E-state index is 0.0478. The quantitative estimate of drug-likeness (QED) is 0.498. The van der Waals surface area contributed by atoms with E-state index in [2.05, 4.69) is 20.5 Å². The molecule has 1 aliphatic rings. The monoisotopic (exact) mass is 373 g/mol. The first-order valence-electron chi connectivity index (χ1n) is 9.64. The molecule has 0 spiro atoms. The van der Waals surface area contributed by atoms with E-state index in [0.717, 1.165) is 43.9 Å². The van der Waals surface area contributed by atoms with Gasteiger partial charge in [0, 0.05) is 45.2 Å². The van der Waals surface area contributed by atoms with Gasteiger partial charge in [-0.15, -0.1) is 0 Å². The maximum absolute atomic E-state index is 12.1. The smallest absolute Gasteiger partial charge is 0.251 e. The maximum Gasteiger partial charge on any atom is 0.251 e. The first-order valence-corrected chi connectivity index (χ1v) is 9.64. The van der Waals surface area contributed by atoms with Crippen LogP contribution < -0.4 is 16.4 Å². The Hall–Kier alpha value is -2.57. The molecule has 0 bridgehead atoms. The highest BCUT2D eigenvalue weighted by atomic mass is 16.2. The van der Waals surface area contributed by atoms with Gasteiger partial charge in [-0.2, -0.15) is 0 Å². The molecular formula is C20H31N5O2. The number of guanidine groups is 1. The lowest BCUT2D eigenvalue weighted by Crippen LogP contribution is -2.46. The van der Waals surface area contributed by atoms with Gasteiger partial charge in [0.2, 0.25) is 5.91 Å². The first kappa shape index (κ1) is 20.7. The molecule has 7 nitrogen and oxygen atoms in total. The number of carbonyl (C=O) groups excluding carboxylic acids is 2. The number of carbonyl (C=O) groups is 2. The normalized spacial score (nSPS) is 17.5. The van der Waals surface area contributed by atoms with Gasteiger partial charge in [0.25, 0.3) is 5.91 Å². The molecule has 2 amide bonds. The van der Waals surface area contributed by atoms with Crippen molar-refractivity contribution in [2.75, 3.05) is 26.7 Å². The Bertz CT molecular complexity index is 674. The van der Waals surface area contributed by atoms with E-state index in [1.165, 1.54) is 0 Å². The number of piperidine rings is 1. The Morgan fingerprint density at radius 1 is 1.33 bits per heavy atom. The second-order valence-electron chi connectivity index (χ2n) is 6.98. The Morgan fingerprint density at radius 2 is 2.15 bits per heavy atom. The topological polar surface area (TPSA) is 99.8 Å². The van der Waals surface area contributed by atoms with E-state index in [9.17, 15) is 9.59 Å². The molecule has 0 aliphatic carbocycles. The average Bonchev–Trinajstić information content (AvgIpc) is 2.66. The van der Waals surface area contributed by atoms with Crippen LogP contribution in [0.1, 0.15) is 48.5 Å². The molecule has 0 radical (unpaired) electrons. The van der Waals surface area contributed by atoms with E-state index in [1.54, 1.807) is 7.05 Å². The summed E-state index contributed by atoms with van der Waals surface area (Å²) >= 11 is 0. The SMILES string of the molecule is CCCNC(=O)c1cccc(CNC(=NC)N2CCCC(CC(N)=O)C2)c1. The molecule has 4 N–H and O–H groups in total. The van der Waals surface area contributed by atoms with E-state index in [0.29, 0.717) is 25.1 Å². The van der Waals surface area contributed by atoms with Crippen LogP contribution in [0, 0.1) is 5.92 Å². The summed E-state index contributed by atoms with van der Waals surface area (Å²) in [5.74, 6) is 0.793. The van der Waals surface area contributed by atoms with Crippen LogP contribution in [0.2, 0.25) is 0 Å². The molecule has 1 saturated heterocycles.